The topological polar surface area (TPSA) is 307 Å². The standard InChI is InChI=1S/C43H61N5O18.CH3/c1-24-21-32(51)47(39(24)55)12-16-62-18-20-63-19-17-61-15-8-30(49)44-9-7-31(50)45-26-22-25(3-4-27(26)65-43-37(54)35(52)36(53)38(66-43)42(59)60)23-48(2)13-10-46(11-14-48)40(56)33-28-5-6-29(64-28)34(33)41(57)58;/h3-4,22,24,28-29,33-38,43,52-54H,5-21,23H2,1-2H3,(H3-,44,45,49,50,57,58,59,60);1H3/q;-1/p+1/t24?,28?,29?,33?,34?,35-,36-,37+,38-,43+;/m0./s1. The number of likely N-dealkylation sites (tertiary alicyclic amines) is 1. The number of carboxylic acid groups (broad SMARTS) is 2. The van der Waals surface area contributed by atoms with E-state index in [4.69, 9.17) is 28.4 Å². The molecular formula is C44H65N5O18. The van der Waals surface area contributed by atoms with Crippen LogP contribution in [0.15, 0.2) is 18.2 Å². The van der Waals surface area contributed by atoms with Gasteiger partial charge >= 0.3 is 11.9 Å². The number of ether oxygens (including phenoxy) is 6. The number of nitrogens with zero attached hydrogens (tertiary/aromatic N) is 3. The maximum absolute atomic E-state index is 13.6. The number of nitrogens with one attached hydrogen (secondary N) is 2. The highest BCUT2D eigenvalue weighted by Gasteiger charge is 2.57. The van der Waals surface area contributed by atoms with Crippen molar-refractivity contribution in [1.82, 2.24) is 15.1 Å². The van der Waals surface area contributed by atoms with Crippen molar-refractivity contribution < 1.29 is 92.0 Å². The number of quaternary nitrogens is 1. The molecular weight excluding hydrogens is 887 g/mol. The number of aliphatic carboxylic acids is 2. The Bertz CT molecular complexity index is 1930. The summed E-state index contributed by atoms with van der Waals surface area (Å²) < 4.78 is 33.8. The highest BCUT2D eigenvalue weighted by molar-refractivity contribution is 6.03. The molecule has 7 N–H and O–H groups in total. The van der Waals surface area contributed by atoms with Gasteiger partial charge in [-0.3, -0.25) is 33.7 Å². The fraction of sp³-hybridized carbons (Fsp3) is 0.682. The number of aliphatic hydroxyl groups is 3. The number of hydrogen-bond acceptors (Lipinski definition) is 16. The molecule has 23 nitrogen and oxygen atoms in total. The molecule has 5 saturated heterocycles. The number of hydrogen-bond donors (Lipinski definition) is 7. The molecule has 374 valence electrons. The number of imide groups is 1. The van der Waals surface area contributed by atoms with E-state index in [-0.39, 0.29) is 120 Å². The first kappa shape index (κ1) is 53.1. The number of likely N-dealkylation sites (N-methyl/N-ethyl adjacent to an activating group) is 1. The van der Waals surface area contributed by atoms with E-state index in [2.05, 4.69) is 10.6 Å². The fourth-order valence-electron chi connectivity index (χ4n) is 9.00. The Kier molecular flexibility index (Phi) is 19.0. The van der Waals surface area contributed by atoms with Crippen LogP contribution < -0.4 is 15.4 Å². The Morgan fingerprint density at radius 3 is 2.07 bits per heavy atom. The molecule has 5 aliphatic heterocycles. The summed E-state index contributed by atoms with van der Waals surface area (Å²) in [5, 5.41) is 55.9. The van der Waals surface area contributed by atoms with E-state index in [0.29, 0.717) is 50.0 Å². The molecule has 1 aromatic carbocycles. The highest BCUT2D eigenvalue weighted by Crippen LogP contribution is 2.44. The summed E-state index contributed by atoms with van der Waals surface area (Å²) in [5.41, 5.74) is 0.832. The number of aliphatic hydroxyl groups excluding tert-OH is 3. The van der Waals surface area contributed by atoms with E-state index < -0.39 is 72.6 Å². The quantitative estimate of drug-likeness (QED) is 0.0280. The summed E-state index contributed by atoms with van der Waals surface area (Å²) in [7, 11) is 2.00. The van der Waals surface area contributed by atoms with Crippen LogP contribution in [0.3, 0.4) is 0 Å². The molecule has 5 amide bonds. The summed E-state index contributed by atoms with van der Waals surface area (Å²) in [4.78, 5) is 89.7. The number of carboxylic acids is 2. The minimum atomic E-state index is -1.95. The first-order valence-corrected chi connectivity index (χ1v) is 22.3. The van der Waals surface area contributed by atoms with Gasteiger partial charge in [0, 0.05) is 37.3 Å². The van der Waals surface area contributed by atoms with Crippen LogP contribution in [0, 0.1) is 25.2 Å². The molecule has 2 bridgehead atoms. The van der Waals surface area contributed by atoms with E-state index in [0.717, 1.165) is 5.56 Å². The largest absolute Gasteiger partial charge is 0.481 e. The van der Waals surface area contributed by atoms with Crippen molar-refractivity contribution in [2.75, 3.05) is 91.3 Å². The van der Waals surface area contributed by atoms with Crippen LogP contribution in [0.4, 0.5) is 5.69 Å². The minimum absolute atomic E-state index is 0. The number of carbonyl (C=O) groups excluding carboxylic acids is 5. The van der Waals surface area contributed by atoms with Gasteiger partial charge in [-0.15, -0.1) is 0 Å². The van der Waals surface area contributed by atoms with Crippen molar-refractivity contribution in [1.29, 1.82) is 0 Å². The summed E-state index contributed by atoms with van der Waals surface area (Å²) in [6.07, 6.45) is -8.94. The lowest BCUT2D eigenvalue weighted by Gasteiger charge is -2.43. The lowest BCUT2D eigenvalue weighted by molar-refractivity contribution is -0.926. The second-order valence-corrected chi connectivity index (χ2v) is 17.6. The number of benzene rings is 1. The van der Waals surface area contributed by atoms with E-state index >= 15 is 0 Å². The predicted octanol–water partition coefficient (Wildman–Crippen LogP) is -1.65. The number of amides is 5. The maximum Gasteiger partial charge on any atom is 0.335 e. The van der Waals surface area contributed by atoms with Gasteiger partial charge in [0.1, 0.15) is 30.6 Å². The maximum atomic E-state index is 13.6. The van der Waals surface area contributed by atoms with Crippen LogP contribution in [0.2, 0.25) is 0 Å². The minimum Gasteiger partial charge on any atom is -0.481 e. The number of fused-ring (bicyclic) bond motifs is 2. The molecule has 0 radical (unpaired) electrons. The third-order valence-corrected chi connectivity index (χ3v) is 12.7. The van der Waals surface area contributed by atoms with E-state index in [1.807, 2.05) is 7.05 Å². The van der Waals surface area contributed by atoms with Crippen LogP contribution in [0.1, 0.15) is 44.6 Å². The number of carbonyl (C=O) groups is 7. The Balaban J connectivity index is 0.00000840. The van der Waals surface area contributed by atoms with Gasteiger partial charge in [0.2, 0.25) is 35.8 Å². The first-order chi connectivity index (χ1) is 31.5. The molecule has 23 heteroatoms. The Morgan fingerprint density at radius 2 is 1.45 bits per heavy atom. The number of anilines is 1. The highest BCUT2D eigenvalue weighted by atomic mass is 16.7. The smallest absolute Gasteiger partial charge is 0.335 e. The molecule has 10 atom stereocenters. The molecule has 5 fully saturated rings. The normalized spacial score (nSPS) is 28.8. The monoisotopic (exact) mass is 951 g/mol. The second-order valence-electron chi connectivity index (χ2n) is 17.6. The lowest BCUT2D eigenvalue weighted by atomic mass is 9.78. The molecule has 0 aliphatic carbocycles. The summed E-state index contributed by atoms with van der Waals surface area (Å²) in [5.74, 6) is -6.07. The van der Waals surface area contributed by atoms with Crippen LogP contribution >= 0.6 is 0 Å². The van der Waals surface area contributed by atoms with Crippen LogP contribution in [-0.2, 0) is 63.8 Å². The van der Waals surface area contributed by atoms with Crippen molar-refractivity contribution >= 4 is 47.2 Å². The zero-order chi connectivity index (χ0) is 47.7. The van der Waals surface area contributed by atoms with E-state index in [1.54, 1.807) is 24.0 Å². The lowest BCUT2D eigenvalue weighted by Crippen LogP contribution is -2.61. The molecule has 1 aromatic rings. The van der Waals surface area contributed by atoms with Gasteiger partial charge in [-0.05, 0) is 31.0 Å². The van der Waals surface area contributed by atoms with E-state index in [1.165, 1.54) is 11.0 Å². The molecule has 0 aromatic heterocycles. The number of piperazine rings is 1. The third-order valence-electron chi connectivity index (χ3n) is 12.7. The summed E-state index contributed by atoms with van der Waals surface area (Å²) >= 11 is 0. The average Bonchev–Trinajstić information content (AvgIpc) is 3.96. The van der Waals surface area contributed by atoms with Crippen molar-refractivity contribution in [2.24, 2.45) is 17.8 Å². The van der Waals surface area contributed by atoms with Crippen LogP contribution in [0.25, 0.3) is 0 Å². The Hall–Kier alpha value is -4.85. The van der Waals surface area contributed by atoms with E-state index in [9.17, 15) is 59.1 Å². The Morgan fingerprint density at radius 1 is 0.806 bits per heavy atom. The van der Waals surface area contributed by atoms with Gasteiger partial charge in [-0.25, -0.2) is 4.79 Å². The van der Waals surface area contributed by atoms with Gasteiger partial charge < -0.3 is 81.4 Å². The van der Waals surface area contributed by atoms with Gasteiger partial charge in [0.25, 0.3) is 0 Å². The molecule has 6 rings (SSSR count). The van der Waals surface area contributed by atoms with Gasteiger partial charge in [0.05, 0.1) is 109 Å². The van der Waals surface area contributed by atoms with Gasteiger partial charge in [-0.1, -0.05) is 6.92 Å². The van der Waals surface area contributed by atoms with Crippen molar-refractivity contribution in [2.45, 2.75) is 88.5 Å². The van der Waals surface area contributed by atoms with Crippen molar-refractivity contribution in [3.05, 3.63) is 31.2 Å². The van der Waals surface area contributed by atoms with Crippen LogP contribution in [0.5, 0.6) is 5.75 Å². The Labute approximate surface area is 388 Å². The first-order valence-electron chi connectivity index (χ1n) is 22.3. The summed E-state index contributed by atoms with van der Waals surface area (Å²) in [6.45, 7) is 5.46. The predicted molar refractivity (Wildman–Crippen MR) is 230 cm³/mol. The van der Waals surface area contributed by atoms with Gasteiger partial charge in [0.15, 0.2) is 6.10 Å². The van der Waals surface area contributed by atoms with Crippen molar-refractivity contribution in [3.8, 4) is 5.75 Å². The second kappa shape index (κ2) is 23.9. The molecule has 5 unspecified atom stereocenters. The molecule has 5 heterocycles. The molecule has 67 heavy (non-hydrogen) atoms. The SMILES string of the molecule is CC1CC(=O)N(CCOCCOCCOCCC(=O)NCCC(=O)Nc2cc(C[N+]3(C)CCN(C(=O)C4C5CCC(O5)C4C(=O)O)CC3)ccc2O[C@@H]2O[C@H](C(=O)O)[C@@H](O)[C@H](O)[C@H]2O)C1=O.[CH3-]. The van der Waals surface area contributed by atoms with Crippen molar-refractivity contribution in [3.63, 3.8) is 0 Å². The van der Waals surface area contributed by atoms with Crippen LogP contribution in [-0.4, -0.2) is 210 Å². The zero-order valence-electron chi connectivity index (χ0n) is 38.1. The number of rotatable bonds is 23. The third kappa shape index (κ3) is 13.4. The molecule has 0 saturated carbocycles. The molecule has 0 spiro atoms. The fourth-order valence-corrected chi connectivity index (χ4v) is 9.00. The molecule has 5 aliphatic rings. The summed E-state index contributed by atoms with van der Waals surface area (Å²) in [6, 6.07) is 4.80. The van der Waals surface area contributed by atoms with Gasteiger partial charge in [-0.2, -0.15) is 0 Å². The average molecular weight is 952 g/mol. The zero-order valence-corrected chi connectivity index (χ0v) is 38.1.